The van der Waals surface area contributed by atoms with E-state index in [9.17, 15) is 4.21 Å². The normalized spacial score (nSPS) is 12.7. The van der Waals surface area contributed by atoms with Crippen molar-refractivity contribution in [2.24, 2.45) is 0 Å². The molecule has 0 saturated carbocycles. The molecule has 3 N–H and O–H groups in total. The van der Waals surface area contributed by atoms with E-state index >= 15 is 0 Å². The van der Waals surface area contributed by atoms with E-state index in [1.807, 2.05) is 18.2 Å². The maximum atomic E-state index is 12.3. The standard InChI is InChI=1S/C14H12ClN3OS/c15-10-5-6-12-13(7-10)18-14(17-12)20(19)8-9-3-1-2-4-11(9)16/h1-7H,8,16H2,(H,17,18). The summed E-state index contributed by atoms with van der Waals surface area (Å²) < 4.78 is 12.3. The van der Waals surface area contributed by atoms with E-state index in [0.29, 0.717) is 21.6 Å². The van der Waals surface area contributed by atoms with Crippen molar-refractivity contribution in [1.29, 1.82) is 0 Å². The van der Waals surface area contributed by atoms with E-state index in [0.717, 1.165) is 16.6 Å². The summed E-state index contributed by atoms with van der Waals surface area (Å²) in [7, 11) is -1.27. The Morgan fingerprint density at radius 3 is 2.85 bits per heavy atom. The third kappa shape index (κ3) is 2.55. The third-order valence-corrected chi connectivity index (χ3v) is 4.41. The lowest BCUT2D eigenvalue weighted by Gasteiger charge is -2.03. The van der Waals surface area contributed by atoms with Crippen LogP contribution in [0.2, 0.25) is 5.02 Å². The lowest BCUT2D eigenvalue weighted by atomic mass is 10.2. The summed E-state index contributed by atoms with van der Waals surface area (Å²) in [4.78, 5) is 7.36. The maximum absolute atomic E-state index is 12.3. The van der Waals surface area contributed by atoms with Gasteiger partial charge in [-0.05, 0) is 29.8 Å². The zero-order valence-corrected chi connectivity index (χ0v) is 12.0. The number of hydrogen-bond donors (Lipinski definition) is 2. The second-order valence-corrected chi connectivity index (χ2v) is 6.19. The zero-order chi connectivity index (χ0) is 14.1. The van der Waals surface area contributed by atoms with Crippen LogP contribution in [-0.2, 0) is 16.6 Å². The fraction of sp³-hybridized carbons (Fsp3) is 0.0714. The van der Waals surface area contributed by atoms with E-state index in [1.54, 1.807) is 24.3 Å². The highest BCUT2D eigenvalue weighted by atomic mass is 35.5. The van der Waals surface area contributed by atoms with Crippen LogP contribution in [0.5, 0.6) is 0 Å². The van der Waals surface area contributed by atoms with Gasteiger partial charge in [0.25, 0.3) is 0 Å². The first-order valence-corrected chi connectivity index (χ1v) is 7.70. The van der Waals surface area contributed by atoms with Crippen LogP contribution in [0.25, 0.3) is 11.0 Å². The molecule has 1 atom stereocenters. The number of nitrogen functional groups attached to an aromatic ring is 1. The number of imidazole rings is 1. The molecule has 0 aliphatic carbocycles. The fourth-order valence-electron chi connectivity index (χ4n) is 1.94. The summed E-state index contributed by atoms with van der Waals surface area (Å²) in [6.07, 6.45) is 0. The van der Waals surface area contributed by atoms with Gasteiger partial charge >= 0.3 is 0 Å². The van der Waals surface area contributed by atoms with Crippen LogP contribution < -0.4 is 5.73 Å². The smallest absolute Gasteiger partial charge is 0.197 e. The number of H-pyrrole nitrogens is 1. The monoisotopic (exact) mass is 305 g/mol. The molecule has 6 heteroatoms. The number of fused-ring (bicyclic) bond motifs is 1. The van der Waals surface area contributed by atoms with E-state index < -0.39 is 10.8 Å². The Bertz CT molecular complexity index is 800. The van der Waals surface area contributed by atoms with Crippen LogP contribution in [0.1, 0.15) is 5.56 Å². The quantitative estimate of drug-likeness (QED) is 0.730. The van der Waals surface area contributed by atoms with Gasteiger partial charge in [0.05, 0.1) is 27.6 Å². The van der Waals surface area contributed by atoms with Crippen molar-refractivity contribution in [3.8, 4) is 0 Å². The van der Waals surface area contributed by atoms with Gasteiger partial charge in [-0.25, -0.2) is 4.98 Å². The van der Waals surface area contributed by atoms with Crippen LogP contribution in [0.15, 0.2) is 47.6 Å². The predicted octanol–water partition coefficient (Wildman–Crippen LogP) is 3.11. The van der Waals surface area contributed by atoms with Gasteiger partial charge in [0.1, 0.15) is 0 Å². The zero-order valence-electron chi connectivity index (χ0n) is 10.5. The lowest BCUT2D eigenvalue weighted by molar-refractivity contribution is 0.677. The van der Waals surface area contributed by atoms with Gasteiger partial charge in [0.15, 0.2) is 5.16 Å². The van der Waals surface area contributed by atoms with Crippen molar-refractivity contribution in [2.45, 2.75) is 10.9 Å². The van der Waals surface area contributed by atoms with Crippen molar-refractivity contribution in [2.75, 3.05) is 5.73 Å². The summed E-state index contributed by atoms with van der Waals surface area (Å²) in [5.41, 5.74) is 8.88. The summed E-state index contributed by atoms with van der Waals surface area (Å²) in [6.45, 7) is 0. The number of hydrogen-bond acceptors (Lipinski definition) is 3. The number of nitrogens with one attached hydrogen (secondary N) is 1. The number of para-hydroxylation sites is 1. The summed E-state index contributed by atoms with van der Waals surface area (Å²) in [6, 6.07) is 12.7. The number of aromatic nitrogens is 2. The molecule has 102 valence electrons. The molecule has 0 aliphatic rings. The van der Waals surface area contributed by atoms with Gasteiger partial charge < -0.3 is 10.7 Å². The highest BCUT2D eigenvalue weighted by Crippen LogP contribution is 2.20. The molecule has 20 heavy (non-hydrogen) atoms. The third-order valence-electron chi connectivity index (χ3n) is 2.98. The number of aromatic amines is 1. The maximum Gasteiger partial charge on any atom is 0.197 e. The molecular weight excluding hydrogens is 294 g/mol. The summed E-state index contributed by atoms with van der Waals surface area (Å²) in [5, 5.41) is 1.05. The van der Waals surface area contributed by atoms with Gasteiger partial charge in [-0.3, -0.25) is 4.21 Å². The minimum Gasteiger partial charge on any atom is -0.398 e. The van der Waals surface area contributed by atoms with Gasteiger partial charge in [-0.1, -0.05) is 29.8 Å². The number of rotatable bonds is 3. The van der Waals surface area contributed by atoms with Crippen molar-refractivity contribution in [3.05, 3.63) is 53.1 Å². The molecule has 1 heterocycles. The van der Waals surface area contributed by atoms with Crippen molar-refractivity contribution in [1.82, 2.24) is 9.97 Å². The molecule has 1 unspecified atom stereocenters. The molecule has 1 aromatic heterocycles. The van der Waals surface area contributed by atoms with E-state index in [4.69, 9.17) is 17.3 Å². The summed E-state index contributed by atoms with van der Waals surface area (Å²) in [5.74, 6) is 0.334. The second-order valence-electron chi connectivity index (χ2n) is 4.39. The van der Waals surface area contributed by atoms with E-state index in [-0.39, 0.29) is 0 Å². The number of anilines is 1. The number of halogens is 1. The fourth-order valence-corrected chi connectivity index (χ4v) is 3.22. The molecule has 0 saturated heterocycles. The number of nitrogens with two attached hydrogens (primary N) is 1. The van der Waals surface area contributed by atoms with Crippen LogP contribution in [0.3, 0.4) is 0 Å². The Hall–Kier alpha value is -1.85. The topological polar surface area (TPSA) is 71.8 Å². The molecule has 3 aromatic rings. The number of benzene rings is 2. The molecule has 0 spiro atoms. The number of nitrogens with zero attached hydrogens (tertiary/aromatic N) is 1. The van der Waals surface area contributed by atoms with Crippen LogP contribution in [0, 0.1) is 0 Å². The average molecular weight is 306 g/mol. The first kappa shape index (κ1) is 13.1. The molecule has 0 amide bonds. The van der Waals surface area contributed by atoms with Crippen LogP contribution >= 0.6 is 11.6 Å². The highest BCUT2D eigenvalue weighted by molar-refractivity contribution is 7.84. The molecule has 2 aromatic carbocycles. The molecule has 0 radical (unpaired) electrons. The second kappa shape index (κ2) is 5.26. The SMILES string of the molecule is Nc1ccccc1CS(=O)c1nc2ccc(Cl)cc2[nH]1. The van der Waals surface area contributed by atoms with Gasteiger partial charge in [-0.2, -0.15) is 0 Å². The first-order chi connectivity index (χ1) is 9.63. The minimum absolute atomic E-state index is 0.334. The van der Waals surface area contributed by atoms with Crippen molar-refractivity contribution >= 4 is 39.1 Å². The Labute approximate surface area is 123 Å². The van der Waals surface area contributed by atoms with E-state index in [2.05, 4.69) is 9.97 Å². The van der Waals surface area contributed by atoms with Crippen LogP contribution in [-0.4, -0.2) is 14.2 Å². The molecule has 4 nitrogen and oxygen atoms in total. The molecule has 3 rings (SSSR count). The molecule has 0 aliphatic heterocycles. The predicted molar refractivity (Wildman–Crippen MR) is 82.1 cm³/mol. The van der Waals surface area contributed by atoms with Crippen molar-refractivity contribution in [3.63, 3.8) is 0 Å². The van der Waals surface area contributed by atoms with Crippen LogP contribution in [0.4, 0.5) is 5.69 Å². The lowest BCUT2D eigenvalue weighted by Crippen LogP contribution is -2.01. The molecule has 0 bridgehead atoms. The molecular formula is C14H12ClN3OS. The minimum atomic E-state index is -1.27. The first-order valence-electron chi connectivity index (χ1n) is 6.00. The summed E-state index contributed by atoms with van der Waals surface area (Å²) >= 11 is 5.92. The highest BCUT2D eigenvalue weighted by Gasteiger charge is 2.12. The Morgan fingerprint density at radius 1 is 1.25 bits per heavy atom. The Kier molecular flexibility index (Phi) is 3.46. The largest absolute Gasteiger partial charge is 0.398 e. The molecule has 0 fully saturated rings. The van der Waals surface area contributed by atoms with Gasteiger partial charge in [0, 0.05) is 10.7 Å². The van der Waals surface area contributed by atoms with Gasteiger partial charge in [0.2, 0.25) is 0 Å². The van der Waals surface area contributed by atoms with Crippen molar-refractivity contribution < 1.29 is 4.21 Å². The Morgan fingerprint density at radius 2 is 2.05 bits per heavy atom. The van der Waals surface area contributed by atoms with E-state index in [1.165, 1.54) is 0 Å². The van der Waals surface area contributed by atoms with Gasteiger partial charge in [-0.15, -0.1) is 0 Å². The Balaban J connectivity index is 1.91. The average Bonchev–Trinajstić information content (AvgIpc) is 2.84.